The highest BCUT2D eigenvalue weighted by molar-refractivity contribution is 7.44. The Bertz CT molecular complexity index is 987. The molecule has 0 saturated heterocycles. The van der Waals surface area contributed by atoms with Crippen LogP contribution in [0, 0.1) is 5.92 Å². The Balaban J connectivity index is 2.02. The first-order chi connectivity index (χ1) is 15.5. The van der Waals surface area contributed by atoms with E-state index in [1.54, 1.807) is 12.1 Å². The Hall–Kier alpha value is -1.92. The maximum absolute atomic E-state index is 12.9. The van der Waals surface area contributed by atoms with Gasteiger partial charge >= 0.3 is 5.97 Å². The summed E-state index contributed by atoms with van der Waals surface area (Å²) >= 11 is 0. The molecule has 1 unspecified atom stereocenters. The molecular weight excluding hydrogens is 443 g/mol. The average molecular weight is 478 g/mol. The molecule has 2 aliphatic rings. The average Bonchev–Trinajstić information content (AvgIpc) is 3.46. The van der Waals surface area contributed by atoms with E-state index in [0.717, 1.165) is 43.2 Å². The number of phosphoric ester groups is 1. The molecule has 2 aliphatic carbocycles. The lowest BCUT2D eigenvalue weighted by atomic mass is 9.73. The summed E-state index contributed by atoms with van der Waals surface area (Å²) in [5, 5.41) is 11.1. The number of ether oxygens (including phenoxy) is 1. The lowest BCUT2D eigenvalue weighted by Gasteiger charge is -2.32. The van der Waals surface area contributed by atoms with Gasteiger partial charge in [0.05, 0.1) is 0 Å². The van der Waals surface area contributed by atoms with Crippen molar-refractivity contribution >= 4 is 13.8 Å². The summed E-state index contributed by atoms with van der Waals surface area (Å²) in [7, 11) is -5.11. The van der Waals surface area contributed by atoms with Gasteiger partial charge in [0.2, 0.25) is 0 Å². The van der Waals surface area contributed by atoms with Crippen molar-refractivity contribution in [3.05, 3.63) is 47.1 Å². The monoisotopic (exact) mass is 477 g/mol. The van der Waals surface area contributed by atoms with Crippen LogP contribution < -0.4 is 9.63 Å². The molecule has 1 aromatic rings. The Morgan fingerprint density at radius 1 is 1.33 bits per heavy atom. The number of phosphoric acid groups is 1. The lowest BCUT2D eigenvalue weighted by Crippen LogP contribution is -2.32. The third-order valence-corrected chi connectivity index (χ3v) is 7.11. The number of allylic oxidation sites excluding steroid dienone is 3. The number of aromatic hydroxyl groups is 1. The van der Waals surface area contributed by atoms with Crippen molar-refractivity contribution < 1.29 is 33.5 Å². The van der Waals surface area contributed by atoms with Crippen LogP contribution in [0.25, 0.3) is 0 Å². The van der Waals surface area contributed by atoms with Crippen molar-refractivity contribution in [2.45, 2.75) is 83.7 Å². The van der Waals surface area contributed by atoms with Crippen LogP contribution in [0.15, 0.2) is 35.9 Å². The summed E-state index contributed by atoms with van der Waals surface area (Å²) in [4.78, 5) is 33.3. The van der Waals surface area contributed by atoms with Gasteiger partial charge in [0, 0.05) is 11.5 Å². The van der Waals surface area contributed by atoms with Crippen molar-refractivity contribution in [3.8, 4) is 11.5 Å². The molecule has 3 rings (SSSR count). The maximum atomic E-state index is 12.9. The standard InChI is InChI=1S/C25H35O7P/c1-5-6-7-8-18-14-21(26)23(20-13-17(4)9-10-19(20)16(2)3)22(15-18)31-24(27)25(11-12-25)32-33(28,29)30/h13-15,19-20,26H,2,5-12H2,1,3-4H3,(H2,28,29,30)/p-1/t19-,20+/m0/s1. The summed E-state index contributed by atoms with van der Waals surface area (Å²) in [5.41, 5.74) is 1.76. The number of rotatable bonds is 10. The second-order valence-electron chi connectivity index (χ2n) is 9.46. The van der Waals surface area contributed by atoms with Crippen molar-refractivity contribution in [2.24, 2.45) is 5.92 Å². The van der Waals surface area contributed by atoms with Gasteiger partial charge < -0.3 is 19.6 Å². The van der Waals surface area contributed by atoms with Crippen molar-refractivity contribution in [3.63, 3.8) is 0 Å². The van der Waals surface area contributed by atoms with Crippen LogP contribution in [-0.4, -0.2) is 21.6 Å². The molecule has 0 aromatic heterocycles. The number of aryl methyl sites for hydroxylation is 1. The number of carbonyl (C=O) groups is 1. The van der Waals surface area contributed by atoms with Gasteiger partial charge in [0.1, 0.15) is 11.5 Å². The predicted octanol–water partition coefficient (Wildman–Crippen LogP) is 5.06. The first-order valence-corrected chi connectivity index (χ1v) is 13.1. The molecule has 7 nitrogen and oxygen atoms in total. The zero-order valence-corrected chi connectivity index (χ0v) is 20.5. The minimum atomic E-state index is -5.11. The van der Waals surface area contributed by atoms with Crippen LogP contribution in [0.2, 0.25) is 0 Å². The van der Waals surface area contributed by atoms with E-state index in [-0.39, 0.29) is 36.2 Å². The van der Waals surface area contributed by atoms with Gasteiger partial charge in [-0.3, -0.25) is 9.09 Å². The topological polar surface area (TPSA) is 116 Å². The molecule has 0 radical (unpaired) electrons. The summed E-state index contributed by atoms with van der Waals surface area (Å²) in [6, 6.07) is 3.47. The van der Waals surface area contributed by atoms with Gasteiger partial charge in [-0.15, -0.1) is 0 Å². The van der Waals surface area contributed by atoms with Gasteiger partial charge in [-0.2, -0.15) is 0 Å². The van der Waals surface area contributed by atoms with Gasteiger partial charge in [0.15, 0.2) is 5.60 Å². The quantitative estimate of drug-likeness (QED) is 0.159. The number of hydrogen-bond acceptors (Lipinski definition) is 6. The SMILES string of the molecule is C=C(C)[C@@H]1CCC(C)=C[C@H]1c1c(O)cc(CCCCC)cc1OC(=O)C1(OP(=O)([O-])O)CC1. The summed E-state index contributed by atoms with van der Waals surface area (Å²) in [6.07, 6.45) is 7.85. The molecule has 182 valence electrons. The van der Waals surface area contributed by atoms with Gasteiger partial charge in [-0.25, -0.2) is 4.79 Å². The fourth-order valence-corrected chi connectivity index (χ4v) is 5.28. The molecule has 1 aromatic carbocycles. The van der Waals surface area contributed by atoms with Crippen LogP contribution in [-0.2, 0) is 20.3 Å². The second-order valence-corrected chi connectivity index (χ2v) is 10.6. The van der Waals surface area contributed by atoms with E-state index in [2.05, 4.69) is 24.1 Å². The molecular formula is C25H34O7P-. The van der Waals surface area contributed by atoms with Crippen LogP contribution in [0.4, 0.5) is 0 Å². The Kier molecular flexibility index (Phi) is 7.90. The summed E-state index contributed by atoms with van der Waals surface area (Å²) in [5.74, 6) is -0.822. The molecule has 8 heteroatoms. The molecule has 0 heterocycles. The van der Waals surface area contributed by atoms with E-state index in [4.69, 9.17) is 9.63 Å². The van der Waals surface area contributed by atoms with Crippen LogP contribution in [0.1, 0.15) is 82.8 Å². The van der Waals surface area contributed by atoms with E-state index in [9.17, 15) is 19.4 Å². The number of phenolic OH excluding ortho intramolecular Hbond substituents is 1. The van der Waals surface area contributed by atoms with Gasteiger partial charge in [-0.05, 0) is 76.0 Å². The van der Waals surface area contributed by atoms with Crippen LogP contribution in [0.3, 0.4) is 0 Å². The number of unbranched alkanes of at least 4 members (excludes halogenated alkanes) is 2. The molecule has 0 aliphatic heterocycles. The third kappa shape index (κ3) is 6.36. The number of esters is 1. The first-order valence-electron chi connectivity index (χ1n) is 11.6. The molecule has 3 atom stereocenters. The summed E-state index contributed by atoms with van der Waals surface area (Å²) < 4.78 is 21.6. The molecule has 0 bridgehead atoms. The zero-order chi connectivity index (χ0) is 24.4. The fourth-order valence-electron chi connectivity index (χ4n) is 4.58. The summed E-state index contributed by atoms with van der Waals surface area (Å²) in [6.45, 7) is 10.2. The Morgan fingerprint density at radius 3 is 2.61 bits per heavy atom. The molecule has 33 heavy (non-hydrogen) atoms. The van der Waals surface area contributed by atoms with Gasteiger partial charge in [0.25, 0.3) is 7.82 Å². The molecule has 0 spiro atoms. The number of benzene rings is 1. The predicted molar refractivity (Wildman–Crippen MR) is 124 cm³/mol. The van der Waals surface area contributed by atoms with E-state index >= 15 is 0 Å². The zero-order valence-electron chi connectivity index (χ0n) is 19.6. The molecule has 0 amide bonds. The normalized spacial score (nSPS) is 23.4. The van der Waals surface area contributed by atoms with Crippen LogP contribution >= 0.6 is 7.82 Å². The number of carbonyl (C=O) groups excluding carboxylic acids is 1. The van der Waals surface area contributed by atoms with Crippen molar-refractivity contribution in [1.82, 2.24) is 0 Å². The smallest absolute Gasteiger partial charge is 0.344 e. The minimum Gasteiger partial charge on any atom is -0.756 e. The largest absolute Gasteiger partial charge is 0.756 e. The number of hydrogen-bond donors (Lipinski definition) is 2. The third-order valence-electron chi connectivity index (χ3n) is 6.53. The van der Waals surface area contributed by atoms with E-state index in [1.165, 1.54) is 5.57 Å². The minimum absolute atomic E-state index is 0.0384. The first kappa shape index (κ1) is 25.7. The van der Waals surface area contributed by atoms with Gasteiger partial charge in [-0.1, -0.05) is 43.6 Å². The highest BCUT2D eigenvalue weighted by Crippen LogP contribution is 2.52. The second kappa shape index (κ2) is 10.1. The Labute approximate surface area is 195 Å². The highest BCUT2D eigenvalue weighted by Gasteiger charge is 2.55. The fraction of sp³-hybridized carbons (Fsp3) is 0.560. The Morgan fingerprint density at radius 2 is 2.03 bits per heavy atom. The van der Waals surface area contributed by atoms with E-state index in [0.29, 0.717) is 12.0 Å². The van der Waals surface area contributed by atoms with Crippen LogP contribution in [0.5, 0.6) is 11.5 Å². The maximum Gasteiger partial charge on any atom is 0.344 e. The molecule has 2 N–H and O–H groups in total. The van der Waals surface area contributed by atoms with E-state index < -0.39 is 19.4 Å². The molecule has 1 saturated carbocycles. The van der Waals surface area contributed by atoms with E-state index in [1.807, 2.05) is 13.8 Å². The van der Waals surface area contributed by atoms with Crippen molar-refractivity contribution in [2.75, 3.05) is 0 Å². The highest BCUT2D eigenvalue weighted by atomic mass is 31.2. The number of phenols is 1. The lowest BCUT2D eigenvalue weighted by molar-refractivity contribution is -0.226. The molecule has 1 fully saturated rings. The van der Waals surface area contributed by atoms with Crippen molar-refractivity contribution in [1.29, 1.82) is 0 Å².